The predicted octanol–water partition coefficient (Wildman–Crippen LogP) is 3.32. The van der Waals surface area contributed by atoms with Crippen LogP contribution in [0.4, 0.5) is 5.69 Å². The van der Waals surface area contributed by atoms with Crippen LogP contribution in [0.5, 0.6) is 0 Å². The van der Waals surface area contributed by atoms with Crippen molar-refractivity contribution < 1.29 is 4.79 Å². The predicted molar refractivity (Wildman–Crippen MR) is 72.8 cm³/mol. The van der Waals surface area contributed by atoms with E-state index in [1.54, 1.807) is 12.1 Å². The third-order valence-electron chi connectivity index (χ3n) is 2.05. The number of carbonyl (C=O) groups is 1. The van der Waals surface area contributed by atoms with Gasteiger partial charge in [0.25, 0.3) is 0 Å². The number of anilines is 1. The molecule has 17 heavy (non-hydrogen) atoms. The number of hydrogen-bond acceptors (Lipinski definition) is 2. The lowest BCUT2D eigenvalue weighted by Gasteiger charge is -2.10. The first-order chi connectivity index (χ1) is 7.99. The maximum atomic E-state index is 11.4. The lowest BCUT2D eigenvalue weighted by molar-refractivity contribution is -0.121. The molecule has 0 aliphatic heterocycles. The Hall–Kier alpha value is -0.930. The number of hydrogen-bond donors (Lipinski definition) is 2. The molecule has 0 aromatic heterocycles. The molecule has 1 aromatic rings. The second-order valence-corrected chi connectivity index (χ2v) is 4.84. The first kappa shape index (κ1) is 14.1. The normalized spacial score (nSPS) is 10.4. The van der Waals surface area contributed by atoms with Crippen molar-refractivity contribution >= 4 is 34.8 Å². The standard InChI is InChI=1S/C12H16Cl2N2O/c1-8(2)16-12(17)5-6-15-9-3-4-10(13)11(14)7-9/h3-4,7-8,15H,5-6H2,1-2H3,(H,16,17). The van der Waals surface area contributed by atoms with Crippen molar-refractivity contribution in [3.8, 4) is 0 Å². The summed E-state index contributed by atoms with van der Waals surface area (Å²) in [7, 11) is 0. The monoisotopic (exact) mass is 274 g/mol. The van der Waals surface area contributed by atoms with Crippen LogP contribution >= 0.6 is 23.2 Å². The molecule has 0 heterocycles. The maximum Gasteiger partial charge on any atom is 0.221 e. The molecule has 5 heteroatoms. The minimum absolute atomic E-state index is 0.0348. The molecule has 0 atom stereocenters. The summed E-state index contributed by atoms with van der Waals surface area (Å²) in [6.45, 7) is 4.44. The van der Waals surface area contributed by atoms with Gasteiger partial charge in [0.05, 0.1) is 10.0 Å². The highest BCUT2D eigenvalue weighted by Gasteiger charge is 2.03. The maximum absolute atomic E-state index is 11.4. The van der Waals surface area contributed by atoms with Crippen LogP contribution in [-0.2, 0) is 4.79 Å². The Labute approximate surface area is 111 Å². The molecule has 1 aromatic carbocycles. The van der Waals surface area contributed by atoms with Gasteiger partial charge in [-0.25, -0.2) is 0 Å². The number of amides is 1. The molecule has 3 nitrogen and oxygen atoms in total. The van der Waals surface area contributed by atoms with Crippen molar-refractivity contribution in [2.75, 3.05) is 11.9 Å². The van der Waals surface area contributed by atoms with E-state index in [1.807, 2.05) is 19.9 Å². The lowest BCUT2D eigenvalue weighted by atomic mass is 10.3. The van der Waals surface area contributed by atoms with Gasteiger partial charge in [0.2, 0.25) is 5.91 Å². The van der Waals surface area contributed by atoms with E-state index in [0.29, 0.717) is 23.0 Å². The fourth-order valence-electron chi connectivity index (χ4n) is 1.32. The Morgan fingerprint density at radius 1 is 1.29 bits per heavy atom. The van der Waals surface area contributed by atoms with Gasteiger partial charge in [-0.1, -0.05) is 23.2 Å². The van der Waals surface area contributed by atoms with Crippen molar-refractivity contribution in [2.24, 2.45) is 0 Å². The summed E-state index contributed by atoms with van der Waals surface area (Å²) in [6, 6.07) is 5.46. The van der Waals surface area contributed by atoms with Crippen LogP contribution in [0.25, 0.3) is 0 Å². The third-order valence-corrected chi connectivity index (χ3v) is 2.79. The number of rotatable bonds is 5. The van der Waals surface area contributed by atoms with Gasteiger partial charge in [0.1, 0.15) is 0 Å². The van der Waals surface area contributed by atoms with E-state index in [-0.39, 0.29) is 11.9 Å². The smallest absolute Gasteiger partial charge is 0.221 e. The van der Waals surface area contributed by atoms with Crippen LogP contribution in [0.3, 0.4) is 0 Å². The summed E-state index contributed by atoms with van der Waals surface area (Å²) in [4.78, 5) is 11.4. The Bertz CT molecular complexity index is 394. The zero-order valence-corrected chi connectivity index (χ0v) is 11.4. The molecule has 0 saturated carbocycles. The molecule has 2 N–H and O–H groups in total. The van der Waals surface area contributed by atoms with Crippen molar-refractivity contribution in [2.45, 2.75) is 26.3 Å². The van der Waals surface area contributed by atoms with Gasteiger partial charge >= 0.3 is 0 Å². The van der Waals surface area contributed by atoms with Crippen LogP contribution in [0, 0.1) is 0 Å². The molecular weight excluding hydrogens is 259 g/mol. The van der Waals surface area contributed by atoms with Crippen molar-refractivity contribution in [3.05, 3.63) is 28.2 Å². The lowest BCUT2D eigenvalue weighted by Crippen LogP contribution is -2.31. The minimum atomic E-state index is 0.0348. The van der Waals surface area contributed by atoms with Crippen LogP contribution in [0.1, 0.15) is 20.3 Å². The van der Waals surface area contributed by atoms with Gasteiger partial charge in [0, 0.05) is 24.7 Å². The SMILES string of the molecule is CC(C)NC(=O)CCNc1ccc(Cl)c(Cl)c1. The van der Waals surface area contributed by atoms with Crippen LogP contribution in [0.15, 0.2) is 18.2 Å². The molecule has 0 unspecified atom stereocenters. The highest BCUT2D eigenvalue weighted by atomic mass is 35.5. The first-order valence-electron chi connectivity index (χ1n) is 5.47. The van der Waals surface area contributed by atoms with E-state index in [1.165, 1.54) is 0 Å². The molecule has 0 bridgehead atoms. The highest BCUT2D eigenvalue weighted by molar-refractivity contribution is 6.42. The van der Waals surface area contributed by atoms with E-state index < -0.39 is 0 Å². The minimum Gasteiger partial charge on any atom is -0.384 e. The van der Waals surface area contributed by atoms with Gasteiger partial charge in [-0.2, -0.15) is 0 Å². The quantitative estimate of drug-likeness (QED) is 0.865. The van der Waals surface area contributed by atoms with Crippen LogP contribution < -0.4 is 10.6 Å². The van der Waals surface area contributed by atoms with Crippen molar-refractivity contribution in [1.82, 2.24) is 5.32 Å². The average molecular weight is 275 g/mol. The number of nitrogens with one attached hydrogen (secondary N) is 2. The van der Waals surface area contributed by atoms with Gasteiger partial charge in [-0.3, -0.25) is 4.79 Å². The zero-order chi connectivity index (χ0) is 12.8. The molecule has 0 aliphatic rings. The molecule has 94 valence electrons. The van der Waals surface area contributed by atoms with E-state index >= 15 is 0 Å². The molecular formula is C12H16Cl2N2O. The second kappa shape index (κ2) is 6.72. The largest absolute Gasteiger partial charge is 0.384 e. The summed E-state index contributed by atoms with van der Waals surface area (Å²) in [5.74, 6) is 0.0348. The van der Waals surface area contributed by atoms with Gasteiger partial charge < -0.3 is 10.6 Å². The summed E-state index contributed by atoms with van der Waals surface area (Å²) in [5.41, 5.74) is 0.858. The number of benzene rings is 1. The van der Waals surface area contributed by atoms with E-state index in [4.69, 9.17) is 23.2 Å². The first-order valence-corrected chi connectivity index (χ1v) is 6.23. The Morgan fingerprint density at radius 2 is 2.00 bits per heavy atom. The molecule has 1 amide bonds. The average Bonchev–Trinajstić information content (AvgIpc) is 2.22. The Balaban J connectivity index is 2.36. The van der Waals surface area contributed by atoms with E-state index in [2.05, 4.69) is 10.6 Å². The molecule has 0 fully saturated rings. The Morgan fingerprint density at radius 3 is 2.59 bits per heavy atom. The molecule has 0 spiro atoms. The van der Waals surface area contributed by atoms with Gasteiger partial charge in [-0.05, 0) is 32.0 Å². The topological polar surface area (TPSA) is 41.1 Å². The zero-order valence-electron chi connectivity index (χ0n) is 9.89. The summed E-state index contributed by atoms with van der Waals surface area (Å²) < 4.78 is 0. The molecule has 0 aliphatic carbocycles. The van der Waals surface area contributed by atoms with Gasteiger partial charge in [-0.15, -0.1) is 0 Å². The second-order valence-electron chi connectivity index (χ2n) is 4.03. The van der Waals surface area contributed by atoms with Crippen molar-refractivity contribution in [1.29, 1.82) is 0 Å². The van der Waals surface area contributed by atoms with Crippen LogP contribution in [-0.4, -0.2) is 18.5 Å². The summed E-state index contributed by atoms with van der Waals surface area (Å²) >= 11 is 11.7. The third kappa shape index (κ3) is 5.29. The summed E-state index contributed by atoms with van der Waals surface area (Å²) in [5, 5.41) is 6.96. The Kier molecular flexibility index (Phi) is 5.59. The molecule has 0 saturated heterocycles. The fraction of sp³-hybridized carbons (Fsp3) is 0.417. The van der Waals surface area contributed by atoms with Crippen LogP contribution in [0.2, 0.25) is 10.0 Å². The van der Waals surface area contributed by atoms with Gasteiger partial charge in [0.15, 0.2) is 0 Å². The number of halogens is 2. The molecule has 1 rings (SSSR count). The van der Waals surface area contributed by atoms with E-state index in [9.17, 15) is 4.79 Å². The number of carbonyl (C=O) groups excluding carboxylic acids is 1. The highest BCUT2D eigenvalue weighted by Crippen LogP contribution is 2.24. The summed E-state index contributed by atoms with van der Waals surface area (Å²) in [6.07, 6.45) is 0.429. The van der Waals surface area contributed by atoms with E-state index in [0.717, 1.165) is 5.69 Å². The van der Waals surface area contributed by atoms with Crippen molar-refractivity contribution in [3.63, 3.8) is 0 Å². The fourth-order valence-corrected chi connectivity index (χ4v) is 1.62. The molecule has 0 radical (unpaired) electrons.